The largest absolute Gasteiger partial charge is 0.508 e. The first-order valence-corrected chi connectivity index (χ1v) is 7.47. The topological polar surface area (TPSA) is 75.6 Å². The minimum Gasteiger partial charge on any atom is -0.508 e. The van der Waals surface area contributed by atoms with Crippen LogP contribution in [0.3, 0.4) is 0 Å². The number of carbonyl (C=O) groups excluding carboxylic acids is 2. The number of rotatable bonds is 6. The average Bonchev–Trinajstić information content (AvgIpc) is 2.56. The van der Waals surface area contributed by atoms with Gasteiger partial charge in [0, 0.05) is 16.8 Å². The number of hydrogen-bond donors (Lipinski definition) is 2. The van der Waals surface area contributed by atoms with Crippen molar-refractivity contribution in [3.8, 4) is 5.75 Å². The van der Waals surface area contributed by atoms with Crippen LogP contribution in [0, 0.1) is 0 Å². The summed E-state index contributed by atoms with van der Waals surface area (Å²) in [5.74, 6) is -0.0373. The summed E-state index contributed by atoms with van der Waals surface area (Å²) in [6, 6.07) is 12.6. The zero-order valence-electron chi connectivity index (χ0n) is 12.9. The highest BCUT2D eigenvalue weighted by Gasteiger charge is 2.09. The smallest absolute Gasteiger partial charge is 0.411 e. The van der Waals surface area contributed by atoms with Crippen molar-refractivity contribution in [1.29, 1.82) is 0 Å². The minimum absolute atomic E-state index is 0.114. The minimum atomic E-state index is -0.504. The lowest BCUT2D eigenvalue weighted by molar-refractivity contribution is 0.103. The zero-order chi connectivity index (χ0) is 16.7. The molecule has 2 aromatic carbocycles. The number of ketones is 1. The van der Waals surface area contributed by atoms with E-state index in [0.29, 0.717) is 23.4 Å². The molecule has 2 rings (SSSR count). The number of unbranched alkanes of at least 4 members (excludes halogenated alkanes) is 1. The molecular formula is C18H19NO4. The van der Waals surface area contributed by atoms with Crippen LogP contribution in [-0.2, 0) is 4.74 Å². The molecule has 1 amide bonds. The molecule has 0 bridgehead atoms. The van der Waals surface area contributed by atoms with Gasteiger partial charge in [0.1, 0.15) is 5.75 Å². The second-order valence-corrected chi connectivity index (χ2v) is 5.07. The molecule has 2 aromatic rings. The van der Waals surface area contributed by atoms with E-state index in [1.165, 1.54) is 12.1 Å². The van der Waals surface area contributed by atoms with Gasteiger partial charge in [-0.05, 0) is 55.0 Å². The van der Waals surface area contributed by atoms with Crippen LogP contribution < -0.4 is 5.32 Å². The quantitative estimate of drug-likeness (QED) is 0.625. The van der Waals surface area contributed by atoms with E-state index in [0.717, 1.165) is 12.8 Å². The molecule has 0 saturated carbocycles. The van der Waals surface area contributed by atoms with Gasteiger partial charge in [-0.15, -0.1) is 0 Å². The van der Waals surface area contributed by atoms with E-state index in [2.05, 4.69) is 5.32 Å². The highest BCUT2D eigenvalue weighted by atomic mass is 16.5. The van der Waals surface area contributed by atoms with Crippen molar-refractivity contribution < 1.29 is 19.4 Å². The Morgan fingerprint density at radius 2 is 1.57 bits per heavy atom. The predicted molar refractivity (Wildman–Crippen MR) is 87.9 cm³/mol. The van der Waals surface area contributed by atoms with Crippen molar-refractivity contribution in [3.05, 3.63) is 59.7 Å². The van der Waals surface area contributed by atoms with E-state index in [4.69, 9.17) is 4.74 Å². The summed E-state index contributed by atoms with van der Waals surface area (Å²) < 4.78 is 5.00. The van der Waals surface area contributed by atoms with E-state index in [1.54, 1.807) is 36.4 Å². The fourth-order valence-corrected chi connectivity index (χ4v) is 1.95. The molecule has 2 N–H and O–H groups in total. The zero-order valence-corrected chi connectivity index (χ0v) is 12.9. The lowest BCUT2D eigenvalue weighted by atomic mass is 10.0. The molecule has 0 unspecified atom stereocenters. The van der Waals surface area contributed by atoms with Crippen LogP contribution in [0.25, 0.3) is 0 Å². The van der Waals surface area contributed by atoms with Crippen LogP contribution in [0.5, 0.6) is 5.75 Å². The van der Waals surface area contributed by atoms with Crippen LogP contribution in [-0.4, -0.2) is 23.6 Å². The summed E-state index contributed by atoms with van der Waals surface area (Å²) in [6.07, 6.45) is 1.28. The molecule has 0 spiro atoms. The first-order chi connectivity index (χ1) is 11.1. The molecular weight excluding hydrogens is 294 g/mol. The van der Waals surface area contributed by atoms with Gasteiger partial charge in [0.15, 0.2) is 5.78 Å². The molecule has 0 aliphatic heterocycles. The number of phenolic OH excluding ortho intramolecular Hbond substituents is 1. The maximum Gasteiger partial charge on any atom is 0.411 e. The summed E-state index contributed by atoms with van der Waals surface area (Å²) in [5.41, 5.74) is 1.55. The second kappa shape index (κ2) is 7.98. The fraction of sp³-hybridized carbons (Fsp3) is 0.222. The summed E-state index contributed by atoms with van der Waals surface area (Å²) in [4.78, 5) is 23.8. The third kappa shape index (κ3) is 4.85. The number of anilines is 1. The molecule has 0 aliphatic carbocycles. The van der Waals surface area contributed by atoms with Gasteiger partial charge < -0.3 is 9.84 Å². The standard InChI is InChI=1S/C18H19NO4/c1-2-3-12-23-18(22)19-15-8-4-13(5-9-15)17(21)14-6-10-16(20)11-7-14/h4-11,20H,2-3,12H2,1H3,(H,19,22). The van der Waals surface area contributed by atoms with Crippen molar-refractivity contribution in [1.82, 2.24) is 0 Å². The first kappa shape index (κ1) is 16.5. The van der Waals surface area contributed by atoms with Gasteiger partial charge in [-0.25, -0.2) is 4.79 Å². The summed E-state index contributed by atoms with van der Waals surface area (Å²) in [5, 5.41) is 11.9. The van der Waals surface area contributed by atoms with Gasteiger partial charge in [-0.1, -0.05) is 13.3 Å². The second-order valence-electron chi connectivity index (χ2n) is 5.07. The molecule has 5 heteroatoms. The van der Waals surface area contributed by atoms with E-state index in [-0.39, 0.29) is 11.5 Å². The number of nitrogens with one attached hydrogen (secondary N) is 1. The van der Waals surface area contributed by atoms with Crippen LogP contribution in [0.15, 0.2) is 48.5 Å². The Bertz CT molecular complexity index is 662. The van der Waals surface area contributed by atoms with Gasteiger partial charge >= 0.3 is 6.09 Å². The first-order valence-electron chi connectivity index (χ1n) is 7.47. The normalized spacial score (nSPS) is 10.1. The van der Waals surface area contributed by atoms with Gasteiger partial charge in [-0.2, -0.15) is 0 Å². The molecule has 0 radical (unpaired) electrons. The number of carbonyl (C=O) groups is 2. The third-order valence-corrected chi connectivity index (χ3v) is 3.25. The highest BCUT2D eigenvalue weighted by molar-refractivity contribution is 6.09. The number of benzene rings is 2. The summed E-state index contributed by atoms with van der Waals surface area (Å²) in [6.45, 7) is 2.41. The van der Waals surface area contributed by atoms with E-state index in [9.17, 15) is 14.7 Å². The Hall–Kier alpha value is -2.82. The number of ether oxygens (including phenoxy) is 1. The number of amides is 1. The maximum absolute atomic E-state index is 12.3. The third-order valence-electron chi connectivity index (χ3n) is 3.25. The Morgan fingerprint density at radius 1 is 1.00 bits per heavy atom. The SMILES string of the molecule is CCCCOC(=O)Nc1ccc(C(=O)c2ccc(O)cc2)cc1. The Balaban J connectivity index is 1.97. The van der Waals surface area contributed by atoms with Gasteiger partial charge in [0.05, 0.1) is 6.61 Å². The maximum atomic E-state index is 12.3. The Labute approximate surface area is 134 Å². The molecule has 0 atom stereocenters. The highest BCUT2D eigenvalue weighted by Crippen LogP contribution is 2.16. The molecule has 0 heterocycles. The van der Waals surface area contributed by atoms with Crippen LogP contribution in [0.2, 0.25) is 0 Å². The van der Waals surface area contributed by atoms with E-state index in [1.807, 2.05) is 6.92 Å². The van der Waals surface area contributed by atoms with Crippen molar-refractivity contribution in [3.63, 3.8) is 0 Å². The summed E-state index contributed by atoms with van der Waals surface area (Å²) in [7, 11) is 0. The van der Waals surface area contributed by atoms with Crippen LogP contribution in [0.4, 0.5) is 10.5 Å². The fourth-order valence-electron chi connectivity index (χ4n) is 1.95. The van der Waals surface area contributed by atoms with E-state index < -0.39 is 6.09 Å². The molecule has 0 saturated heterocycles. The van der Waals surface area contributed by atoms with Crippen molar-refractivity contribution in [2.24, 2.45) is 0 Å². The van der Waals surface area contributed by atoms with Crippen LogP contribution in [0.1, 0.15) is 35.7 Å². The monoisotopic (exact) mass is 313 g/mol. The van der Waals surface area contributed by atoms with Crippen LogP contribution >= 0.6 is 0 Å². The summed E-state index contributed by atoms with van der Waals surface area (Å²) >= 11 is 0. The number of aromatic hydroxyl groups is 1. The Morgan fingerprint density at radius 3 is 2.13 bits per heavy atom. The molecule has 0 aliphatic rings. The molecule has 0 fully saturated rings. The van der Waals surface area contributed by atoms with Gasteiger partial charge in [0.2, 0.25) is 0 Å². The predicted octanol–water partition coefficient (Wildman–Crippen LogP) is 3.97. The molecule has 23 heavy (non-hydrogen) atoms. The van der Waals surface area contributed by atoms with Gasteiger partial charge in [-0.3, -0.25) is 10.1 Å². The molecule has 5 nitrogen and oxygen atoms in total. The lowest BCUT2D eigenvalue weighted by Crippen LogP contribution is -2.14. The van der Waals surface area contributed by atoms with Crippen molar-refractivity contribution >= 4 is 17.6 Å². The van der Waals surface area contributed by atoms with E-state index >= 15 is 0 Å². The molecule has 0 aromatic heterocycles. The van der Waals surface area contributed by atoms with Gasteiger partial charge in [0.25, 0.3) is 0 Å². The number of phenols is 1. The molecule has 120 valence electrons. The van der Waals surface area contributed by atoms with Crippen molar-refractivity contribution in [2.45, 2.75) is 19.8 Å². The lowest BCUT2D eigenvalue weighted by Gasteiger charge is -2.07. The Kier molecular flexibility index (Phi) is 5.74. The average molecular weight is 313 g/mol. The van der Waals surface area contributed by atoms with Crippen molar-refractivity contribution in [2.75, 3.05) is 11.9 Å². The number of hydrogen-bond acceptors (Lipinski definition) is 4.